The van der Waals surface area contributed by atoms with Crippen LogP contribution in [0.25, 0.3) is 0 Å². The molecule has 1 amide bonds. The van der Waals surface area contributed by atoms with Crippen LogP contribution in [0.1, 0.15) is 27.7 Å². The standard InChI is InChI=1S/C13H22N2O/c1-9(2)14-6-7-15-11(8-14)13(4,5)10(3)12(15)16/h9,11H,3,6-8H2,1-2,4-5H3. The maximum absolute atomic E-state index is 12.0. The summed E-state index contributed by atoms with van der Waals surface area (Å²) in [5.41, 5.74) is 0.702. The largest absolute Gasteiger partial charge is 0.332 e. The van der Waals surface area contributed by atoms with Gasteiger partial charge in [0.2, 0.25) is 5.91 Å². The Bertz CT molecular complexity index is 333. The van der Waals surface area contributed by atoms with Crippen LogP contribution in [0, 0.1) is 5.41 Å². The molecule has 2 rings (SSSR count). The molecule has 16 heavy (non-hydrogen) atoms. The Morgan fingerprint density at radius 2 is 2.00 bits per heavy atom. The van der Waals surface area contributed by atoms with Gasteiger partial charge in [0, 0.05) is 36.7 Å². The summed E-state index contributed by atoms with van der Waals surface area (Å²) in [5.74, 6) is 0.165. The average Bonchev–Trinajstić information content (AvgIpc) is 2.40. The number of piperazine rings is 1. The first-order valence-corrected chi connectivity index (χ1v) is 6.10. The van der Waals surface area contributed by atoms with Crippen molar-refractivity contribution in [2.45, 2.75) is 39.8 Å². The zero-order valence-electron chi connectivity index (χ0n) is 10.8. The van der Waals surface area contributed by atoms with Crippen LogP contribution in [0.15, 0.2) is 12.2 Å². The summed E-state index contributed by atoms with van der Waals surface area (Å²) >= 11 is 0. The van der Waals surface area contributed by atoms with Crippen molar-refractivity contribution in [3.05, 3.63) is 12.2 Å². The third-order valence-electron chi connectivity index (χ3n) is 4.27. The van der Waals surface area contributed by atoms with E-state index >= 15 is 0 Å². The number of hydrogen-bond acceptors (Lipinski definition) is 2. The number of hydrogen-bond donors (Lipinski definition) is 0. The number of carbonyl (C=O) groups excluding carboxylic acids is 1. The van der Waals surface area contributed by atoms with E-state index in [4.69, 9.17) is 0 Å². The predicted molar refractivity (Wildman–Crippen MR) is 65.1 cm³/mol. The van der Waals surface area contributed by atoms with Gasteiger partial charge in [0.1, 0.15) is 0 Å². The molecular formula is C13H22N2O. The summed E-state index contributed by atoms with van der Waals surface area (Å²) in [7, 11) is 0. The molecule has 0 radical (unpaired) electrons. The van der Waals surface area contributed by atoms with Gasteiger partial charge in [0.15, 0.2) is 0 Å². The van der Waals surface area contributed by atoms with Gasteiger partial charge in [0.05, 0.1) is 6.04 Å². The quantitative estimate of drug-likeness (QED) is 0.628. The molecule has 90 valence electrons. The van der Waals surface area contributed by atoms with Crippen LogP contribution in [0.5, 0.6) is 0 Å². The lowest BCUT2D eigenvalue weighted by Gasteiger charge is -2.43. The van der Waals surface area contributed by atoms with Crippen molar-refractivity contribution in [3.63, 3.8) is 0 Å². The number of nitrogens with zero attached hydrogens (tertiary/aromatic N) is 2. The Hall–Kier alpha value is -0.830. The van der Waals surface area contributed by atoms with E-state index in [1.54, 1.807) is 0 Å². The fourth-order valence-electron chi connectivity index (χ4n) is 2.78. The molecule has 0 aromatic carbocycles. The molecule has 0 spiro atoms. The minimum Gasteiger partial charge on any atom is -0.332 e. The smallest absolute Gasteiger partial charge is 0.250 e. The molecular weight excluding hydrogens is 200 g/mol. The van der Waals surface area contributed by atoms with Gasteiger partial charge >= 0.3 is 0 Å². The predicted octanol–water partition coefficient (Wildman–Crippen LogP) is 1.50. The number of carbonyl (C=O) groups is 1. The second-order valence-corrected chi connectivity index (χ2v) is 5.80. The highest BCUT2D eigenvalue weighted by atomic mass is 16.2. The topological polar surface area (TPSA) is 23.6 Å². The third kappa shape index (κ3) is 1.49. The van der Waals surface area contributed by atoms with Crippen LogP contribution in [0.4, 0.5) is 0 Å². The summed E-state index contributed by atoms with van der Waals surface area (Å²) in [5, 5.41) is 0. The van der Waals surface area contributed by atoms with Crippen molar-refractivity contribution in [3.8, 4) is 0 Å². The van der Waals surface area contributed by atoms with Gasteiger partial charge in [0.25, 0.3) is 0 Å². The molecule has 1 unspecified atom stereocenters. The maximum atomic E-state index is 12.0. The second kappa shape index (κ2) is 3.59. The molecule has 3 nitrogen and oxygen atoms in total. The molecule has 2 heterocycles. The Labute approximate surface area is 98.1 Å². The van der Waals surface area contributed by atoms with Crippen molar-refractivity contribution < 1.29 is 4.79 Å². The van der Waals surface area contributed by atoms with E-state index in [2.05, 4.69) is 39.2 Å². The van der Waals surface area contributed by atoms with Crippen LogP contribution in [0.2, 0.25) is 0 Å². The zero-order valence-corrected chi connectivity index (χ0v) is 10.8. The third-order valence-corrected chi connectivity index (χ3v) is 4.27. The summed E-state index contributed by atoms with van der Waals surface area (Å²) in [6, 6.07) is 0.866. The minimum atomic E-state index is -0.0787. The van der Waals surface area contributed by atoms with Crippen molar-refractivity contribution in [1.82, 2.24) is 9.80 Å². The van der Waals surface area contributed by atoms with Gasteiger partial charge in [-0.3, -0.25) is 9.69 Å². The number of fused-ring (bicyclic) bond motifs is 1. The van der Waals surface area contributed by atoms with Crippen LogP contribution >= 0.6 is 0 Å². The van der Waals surface area contributed by atoms with Crippen LogP contribution in [0.3, 0.4) is 0 Å². The fraction of sp³-hybridized carbons (Fsp3) is 0.769. The minimum absolute atomic E-state index is 0.0787. The maximum Gasteiger partial charge on any atom is 0.250 e. The van der Waals surface area contributed by atoms with E-state index in [0.717, 1.165) is 25.2 Å². The van der Waals surface area contributed by atoms with Crippen molar-refractivity contribution >= 4 is 5.91 Å². The second-order valence-electron chi connectivity index (χ2n) is 5.80. The molecule has 1 atom stereocenters. The molecule has 2 aliphatic heterocycles. The van der Waals surface area contributed by atoms with Gasteiger partial charge in [-0.05, 0) is 13.8 Å². The van der Waals surface area contributed by atoms with E-state index in [9.17, 15) is 4.79 Å². The highest BCUT2D eigenvalue weighted by Crippen LogP contribution is 2.42. The molecule has 0 N–H and O–H groups in total. The average molecular weight is 222 g/mol. The lowest BCUT2D eigenvalue weighted by Crippen LogP contribution is -2.56. The summed E-state index contributed by atoms with van der Waals surface area (Å²) in [6.07, 6.45) is 0. The Morgan fingerprint density at radius 3 is 2.56 bits per heavy atom. The zero-order chi connectivity index (χ0) is 12.1. The summed E-state index contributed by atoms with van der Waals surface area (Å²) in [6.45, 7) is 15.5. The Kier molecular flexibility index (Phi) is 2.61. The molecule has 0 aliphatic carbocycles. The number of amides is 1. The summed E-state index contributed by atoms with van der Waals surface area (Å²) in [4.78, 5) is 16.5. The Balaban J connectivity index is 2.24. The van der Waals surface area contributed by atoms with Gasteiger partial charge in [-0.15, -0.1) is 0 Å². The van der Waals surface area contributed by atoms with E-state index in [1.165, 1.54) is 0 Å². The van der Waals surface area contributed by atoms with Gasteiger partial charge in [-0.25, -0.2) is 0 Å². The van der Waals surface area contributed by atoms with Gasteiger partial charge < -0.3 is 4.90 Å². The molecule has 0 aromatic heterocycles. The van der Waals surface area contributed by atoms with E-state index in [1.807, 2.05) is 4.90 Å². The van der Waals surface area contributed by atoms with E-state index in [0.29, 0.717) is 12.1 Å². The van der Waals surface area contributed by atoms with Crippen molar-refractivity contribution in [1.29, 1.82) is 0 Å². The fourth-order valence-corrected chi connectivity index (χ4v) is 2.78. The monoisotopic (exact) mass is 222 g/mol. The molecule has 3 heteroatoms. The van der Waals surface area contributed by atoms with E-state index in [-0.39, 0.29) is 11.3 Å². The molecule has 2 fully saturated rings. The molecule has 2 saturated heterocycles. The lowest BCUT2D eigenvalue weighted by atomic mass is 9.80. The lowest BCUT2D eigenvalue weighted by molar-refractivity contribution is -0.128. The highest BCUT2D eigenvalue weighted by Gasteiger charge is 2.50. The first kappa shape index (κ1) is 11.6. The van der Waals surface area contributed by atoms with Crippen LogP contribution in [-0.2, 0) is 4.79 Å². The molecule has 0 bridgehead atoms. The van der Waals surface area contributed by atoms with E-state index < -0.39 is 0 Å². The van der Waals surface area contributed by atoms with Crippen molar-refractivity contribution in [2.24, 2.45) is 5.41 Å². The molecule has 0 saturated carbocycles. The van der Waals surface area contributed by atoms with Crippen LogP contribution in [-0.4, -0.2) is 47.4 Å². The van der Waals surface area contributed by atoms with Crippen molar-refractivity contribution in [2.75, 3.05) is 19.6 Å². The number of rotatable bonds is 1. The normalized spacial score (nSPS) is 30.1. The van der Waals surface area contributed by atoms with Gasteiger partial charge in [-0.2, -0.15) is 0 Å². The Morgan fingerprint density at radius 1 is 1.38 bits per heavy atom. The molecule has 0 aromatic rings. The van der Waals surface area contributed by atoms with Gasteiger partial charge in [-0.1, -0.05) is 20.4 Å². The van der Waals surface area contributed by atoms with Crippen LogP contribution < -0.4 is 0 Å². The SMILES string of the molecule is C=C1C(=O)N2CCN(C(C)C)CC2C1(C)C. The summed E-state index contributed by atoms with van der Waals surface area (Å²) < 4.78 is 0. The first-order valence-electron chi connectivity index (χ1n) is 6.10. The first-order chi connectivity index (χ1) is 7.35. The highest BCUT2D eigenvalue weighted by molar-refractivity contribution is 5.97. The molecule has 2 aliphatic rings.